The van der Waals surface area contributed by atoms with Crippen molar-refractivity contribution in [2.45, 2.75) is 74.9 Å². The Kier molecular flexibility index (Phi) is 7.00. The summed E-state index contributed by atoms with van der Waals surface area (Å²) in [6.45, 7) is 6.53. The summed E-state index contributed by atoms with van der Waals surface area (Å²) in [6, 6.07) is 6.24. The number of carbonyl (C=O) groups is 2. The standard InChI is InChI=1S/C23H30ClNO3S/c1-15(2)18-14-25(11-10-22(27)28)21(26)13-23(18,3)16-8-9-20(19(24)12-16)29-17-6-4-5-7-17/h8-9,12,14-15,17H,4-7,10-11,13H2,1-3H3,(H,27,28)/t23-/m0/s1. The highest BCUT2D eigenvalue weighted by atomic mass is 35.5. The average Bonchev–Trinajstić information content (AvgIpc) is 3.15. The van der Waals surface area contributed by atoms with Gasteiger partial charge in [0.15, 0.2) is 0 Å². The summed E-state index contributed by atoms with van der Waals surface area (Å²) in [5, 5.41) is 10.4. The first-order valence-corrected chi connectivity index (χ1v) is 11.7. The molecule has 0 unspecified atom stereocenters. The maximum atomic E-state index is 12.8. The van der Waals surface area contributed by atoms with Crippen LogP contribution in [0.2, 0.25) is 5.02 Å². The van der Waals surface area contributed by atoms with Crippen LogP contribution in [-0.4, -0.2) is 33.7 Å². The van der Waals surface area contributed by atoms with Gasteiger partial charge in [-0.3, -0.25) is 9.59 Å². The number of nitrogens with zero attached hydrogens (tertiary/aromatic N) is 1. The third-order valence-electron chi connectivity index (χ3n) is 6.11. The van der Waals surface area contributed by atoms with Crippen LogP contribution in [0.3, 0.4) is 0 Å². The van der Waals surface area contributed by atoms with Crippen LogP contribution in [0, 0.1) is 5.92 Å². The largest absolute Gasteiger partial charge is 0.481 e. The van der Waals surface area contributed by atoms with Gasteiger partial charge in [-0.25, -0.2) is 0 Å². The maximum Gasteiger partial charge on any atom is 0.305 e. The van der Waals surface area contributed by atoms with E-state index in [1.165, 1.54) is 25.7 Å². The topological polar surface area (TPSA) is 57.6 Å². The summed E-state index contributed by atoms with van der Waals surface area (Å²) in [5.41, 5.74) is 1.74. The number of rotatable bonds is 7. The Hall–Kier alpha value is -1.46. The van der Waals surface area contributed by atoms with Crippen LogP contribution in [0.5, 0.6) is 0 Å². The molecule has 1 fully saturated rings. The number of benzene rings is 1. The lowest BCUT2D eigenvalue weighted by molar-refractivity contribution is -0.138. The Bertz CT molecular complexity index is 816. The quantitative estimate of drug-likeness (QED) is 0.581. The highest BCUT2D eigenvalue weighted by Crippen LogP contribution is 2.45. The number of halogens is 1. The Morgan fingerprint density at radius 3 is 2.62 bits per heavy atom. The van der Waals surface area contributed by atoms with Crippen LogP contribution in [0.1, 0.15) is 64.9 Å². The van der Waals surface area contributed by atoms with E-state index in [4.69, 9.17) is 16.7 Å². The van der Waals surface area contributed by atoms with Gasteiger partial charge in [-0.2, -0.15) is 0 Å². The van der Waals surface area contributed by atoms with Gasteiger partial charge in [-0.05, 0) is 42.0 Å². The van der Waals surface area contributed by atoms with Crippen LogP contribution in [0.4, 0.5) is 0 Å². The van der Waals surface area contributed by atoms with Gasteiger partial charge in [-0.1, -0.05) is 51.3 Å². The minimum atomic E-state index is -0.896. The van der Waals surface area contributed by atoms with E-state index in [9.17, 15) is 9.59 Å². The summed E-state index contributed by atoms with van der Waals surface area (Å²) < 4.78 is 0. The van der Waals surface area contributed by atoms with E-state index in [1.807, 2.05) is 24.0 Å². The van der Waals surface area contributed by atoms with Crippen molar-refractivity contribution >= 4 is 35.2 Å². The molecule has 0 saturated heterocycles. The third kappa shape index (κ3) is 5.00. The molecule has 1 N–H and O–H groups in total. The van der Waals surface area contributed by atoms with Crippen molar-refractivity contribution in [3.8, 4) is 0 Å². The smallest absolute Gasteiger partial charge is 0.305 e. The summed E-state index contributed by atoms with van der Waals surface area (Å²) in [6.07, 6.45) is 7.24. The molecule has 0 spiro atoms. The number of carboxylic acid groups (broad SMARTS) is 1. The first kappa shape index (κ1) is 22.2. The molecule has 29 heavy (non-hydrogen) atoms. The Labute approximate surface area is 182 Å². The van der Waals surface area contributed by atoms with E-state index < -0.39 is 11.4 Å². The fraction of sp³-hybridized carbons (Fsp3) is 0.565. The highest BCUT2D eigenvalue weighted by Gasteiger charge is 2.40. The van der Waals surface area contributed by atoms with Gasteiger partial charge in [0, 0.05) is 34.7 Å². The number of carboxylic acids is 1. The maximum absolute atomic E-state index is 12.8. The van der Waals surface area contributed by atoms with Crippen molar-refractivity contribution < 1.29 is 14.7 Å². The Balaban J connectivity index is 1.88. The van der Waals surface area contributed by atoms with Crippen molar-refractivity contribution in [1.82, 2.24) is 4.90 Å². The van der Waals surface area contributed by atoms with Crippen LogP contribution in [0.25, 0.3) is 0 Å². The van der Waals surface area contributed by atoms with Crippen LogP contribution >= 0.6 is 23.4 Å². The monoisotopic (exact) mass is 435 g/mol. The molecular weight excluding hydrogens is 406 g/mol. The lowest BCUT2D eigenvalue weighted by atomic mass is 9.68. The number of hydrogen-bond donors (Lipinski definition) is 1. The first-order chi connectivity index (χ1) is 13.7. The minimum absolute atomic E-state index is 0.0429. The molecule has 1 atom stereocenters. The van der Waals surface area contributed by atoms with E-state index in [-0.39, 0.29) is 24.8 Å². The molecule has 1 heterocycles. The molecule has 6 heteroatoms. The first-order valence-electron chi connectivity index (χ1n) is 10.4. The molecule has 1 aliphatic carbocycles. The highest BCUT2D eigenvalue weighted by molar-refractivity contribution is 8.00. The zero-order valence-corrected chi connectivity index (χ0v) is 19.0. The van der Waals surface area contributed by atoms with Crippen LogP contribution in [0.15, 0.2) is 34.9 Å². The third-order valence-corrected chi connectivity index (χ3v) is 7.95. The number of aliphatic carboxylic acids is 1. The second-order valence-electron chi connectivity index (χ2n) is 8.65. The lowest BCUT2D eigenvalue weighted by Gasteiger charge is -2.41. The molecule has 1 aromatic rings. The molecule has 158 valence electrons. The van der Waals surface area contributed by atoms with E-state index in [0.29, 0.717) is 11.7 Å². The molecule has 0 aromatic heterocycles. The fourth-order valence-corrected chi connectivity index (χ4v) is 6.03. The van der Waals surface area contributed by atoms with Gasteiger partial charge in [0.1, 0.15) is 0 Å². The number of amides is 1. The minimum Gasteiger partial charge on any atom is -0.481 e. The normalized spacial score (nSPS) is 23.0. The summed E-state index contributed by atoms with van der Waals surface area (Å²) >= 11 is 8.54. The van der Waals surface area contributed by atoms with Crippen molar-refractivity contribution in [1.29, 1.82) is 0 Å². The molecule has 0 radical (unpaired) electrons. The second kappa shape index (κ2) is 9.13. The summed E-state index contributed by atoms with van der Waals surface area (Å²) in [7, 11) is 0. The fourth-order valence-electron chi connectivity index (χ4n) is 4.47. The van der Waals surface area contributed by atoms with Gasteiger partial charge in [0.05, 0.1) is 11.4 Å². The molecule has 1 amide bonds. The molecule has 1 aliphatic heterocycles. The van der Waals surface area contributed by atoms with Crippen molar-refractivity contribution in [3.63, 3.8) is 0 Å². The zero-order chi connectivity index (χ0) is 21.2. The number of carbonyl (C=O) groups excluding carboxylic acids is 1. The number of thioether (sulfide) groups is 1. The lowest BCUT2D eigenvalue weighted by Crippen LogP contribution is -2.42. The van der Waals surface area contributed by atoms with Gasteiger partial charge in [0.25, 0.3) is 0 Å². The summed E-state index contributed by atoms with van der Waals surface area (Å²) in [5.74, 6) is -0.710. The molecule has 1 aromatic carbocycles. The van der Waals surface area contributed by atoms with Gasteiger partial charge in [-0.15, -0.1) is 11.8 Å². The molecule has 4 nitrogen and oxygen atoms in total. The van der Waals surface area contributed by atoms with E-state index in [2.05, 4.69) is 32.9 Å². The van der Waals surface area contributed by atoms with Gasteiger partial charge >= 0.3 is 5.97 Å². The Morgan fingerprint density at radius 2 is 2.03 bits per heavy atom. The average molecular weight is 436 g/mol. The predicted octanol–water partition coefficient (Wildman–Crippen LogP) is 5.88. The molecule has 1 saturated carbocycles. The SMILES string of the molecule is CC(C)C1=CN(CCC(=O)O)C(=O)C[C@@]1(C)c1ccc(SC2CCCC2)c(Cl)c1. The van der Waals surface area contributed by atoms with Crippen LogP contribution in [-0.2, 0) is 15.0 Å². The van der Waals surface area contributed by atoms with Crippen molar-refractivity contribution in [2.75, 3.05) is 6.54 Å². The van der Waals surface area contributed by atoms with Crippen molar-refractivity contribution in [2.24, 2.45) is 5.92 Å². The van der Waals surface area contributed by atoms with Gasteiger partial charge < -0.3 is 10.0 Å². The Morgan fingerprint density at radius 1 is 1.34 bits per heavy atom. The van der Waals surface area contributed by atoms with Crippen LogP contribution < -0.4 is 0 Å². The molecule has 0 bridgehead atoms. The zero-order valence-electron chi connectivity index (χ0n) is 17.4. The predicted molar refractivity (Wildman–Crippen MR) is 118 cm³/mol. The van der Waals surface area contributed by atoms with E-state index in [0.717, 1.165) is 21.1 Å². The number of allylic oxidation sites excluding steroid dienone is 1. The second-order valence-corrected chi connectivity index (χ2v) is 10.4. The van der Waals surface area contributed by atoms with Gasteiger partial charge in [0.2, 0.25) is 5.91 Å². The van der Waals surface area contributed by atoms with E-state index >= 15 is 0 Å². The molecule has 2 aliphatic rings. The van der Waals surface area contributed by atoms with Crippen molar-refractivity contribution in [3.05, 3.63) is 40.6 Å². The number of hydrogen-bond acceptors (Lipinski definition) is 3. The summed E-state index contributed by atoms with van der Waals surface area (Å²) in [4.78, 5) is 26.4. The molecule has 3 rings (SSSR count). The van der Waals surface area contributed by atoms with E-state index in [1.54, 1.807) is 4.90 Å². The molecular formula is C23H30ClNO3S.